The van der Waals surface area contributed by atoms with Crippen molar-refractivity contribution in [1.29, 1.82) is 0 Å². The number of methoxy groups -OCH3 is 1. The van der Waals surface area contributed by atoms with Gasteiger partial charge in [-0.05, 0) is 18.6 Å². The van der Waals surface area contributed by atoms with Crippen molar-refractivity contribution in [3.8, 4) is 5.75 Å². The minimum absolute atomic E-state index is 0.352. The molecule has 1 unspecified atom stereocenters. The van der Waals surface area contributed by atoms with Crippen LogP contribution in [0.2, 0.25) is 0 Å². The van der Waals surface area contributed by atoms with Gasteiger partial charge in [0.25, 0.3) is 0 Å². The van der Waals surface area contributed by atoms with Crippen LogP contribution in [0.1, 0.15) is 12.5 Å². The van der Waals surface area contributed by atoms with Gasteiger partial charge >= 0.3 is 0 Å². The lowest BCUT2D eigenvalue weighted by molar-refractivity contribution is 0.123. The first-order valence-electron chi connectivity index (χ1n) is 6.31. The fourth-order valence-electron chi connectivity index (χ4n) is 2.22. The van der Waals surface area contributed by atoms with Crippen molar-refractivity contribution in [3.05, 3.63) is 24.0 Å². The lowest BCUT2D eigenvalue weighted by Crippen LogP contribution is -2.47. The molecular weight excluding hydrogens is 246 g/mol. The zero-order valence-electron chi connectivity index (χ0n) is 11.0. The molecule has 2 rings (SSSR count). The van der Waals surface area contributed by atoms with Crippen LogP contribution in [0.4, 0.5) is 0 Å². The fourth-order valence-corrected chi connectivity index (χ4v) is 2.45. The van der Waals surface area contributed by atoms with E-state index >= 15 is 0 Å². The first kappa shape index (κ1) is 13.6. The summed E-state index contributed by atoms with van der Waals surface area (Å²) >= 11 is 4.48. The van der Waals surface area contributed by atoms with Crippen molar-refractivity contribution >= 4 is 12.6 Å². The quantitative estimate of drug-likeness (QED) is 0.837. The number of thiol groups is 1. The Bertz CT molecular complexity index is 378. The number of aromatic nitrogens is 1. The predicted molar refractivity (Wildman–Crippen MR) is 76.1 cm³/mol. The first-order chi connectivity index (χ1) is 8.69. The SMILES string of the molecule is COc1cncc(CN2CCN(C(C)S)CC2)c1. The van der Waals surface area contributed by atoms with Gasteiger partial charge in [0, 0.05) is 44.3 Å². The van der Waals surface area contributed by atoms with Gasteiger partial charge in [0.2, 0.25) is 0 Å². The van der Waals surface area contributed by atoms with Crippen molar-refractivity contribution in [2.24, 2.45) is 0 Å². The minimum atomic E-state index is 0.352. The lowest BCUT2D eigenvalue weighted by Gasteiger charge is -2.36. The summed E-state index contributed by atoms with van der Waals surface area (Å²) in [5, 5.41) is 0.352. The Morgan fingerprint density at radius 3 is 2.67 bits per heavy atom. The third kappa shape index (κ3) is 3.60. The summed E-state index contributed by atoms with van der Waals surface area (Å²) in [7, 11) is 1.67. The van der Waals surface area contributed by atoms with E-state index in [9.17, 15) is 0 Å². The molecule has 1 fully saturated rings. The highest BCUT2D eigenvalue weighted by Gasteiger charge is 2.19. The predicted octanol–water partition coefficient (Wildman–Crippen LogP) is 1.48. The Morgan fingerprint density at radius 1 is 1.33 bits per heavy atom. The monoisotopic (exact) mass is 267 g/mol. The van der Waals surface area contributed by atoms with Crippen molar-refractivity contribution in [3.63, 3.8) is 0 Å². The summed E-state index contributed by atoms with van der Waals surface area (Å²) in [6, 6.07) is 2.06. The molecule has 0 spiro atoms. The zero-order valence-corrected chi connectivity index (χ0v) is 11.9. The summed E-state index contributed by atoms with van der Waals surface area (Å²) in [5.74, 6) is 0.829. The van der Waals surface area contributed by atoms with Crippen molar-refractivity contribution in [2.45, 2.75) is 18.8 Å². The summed E-state index contributed by atoms with van der Waals surface area (Å²) in [5.41, 5.74) is 1.21. The van der Waals surface area contributed by atoms with Crippen molar-refractivity contribution in [1.82, 2.24) is 14.8 Å². The summed E-state index contributed by atoms with van der Waals surface area (Å²) in [6.45, 7) is 7.41. The Labute approximate surface area is 114 Å². The van der Waals surface area contributed by atoms with Crippen LogP contribution in [0.25, 0.3) is 0 Å². The maximum atomic E-state index is 5.19. The molecular formula is C13H21N3OS. The second-order valence-electron chi connectivity index (χ2n) is 4.68. The number of hydrogen-bond donors (Lipinski definition) is 1. The van der Waals surface area contributed by atoms with E-state index in [1.54, 1.807) is 13.3 Å². The van der Waals surface area contributed by atoms with E-state index < -0.39 is 0 Å². The molecule has 0 bridgehead atoms. The molecule has 0 aromatic carbocycles. The lowest BCUT2D eigenvalue weighted by atomic mass is 10.2. The molecule has 0 saturated carbocycles. The van der Waals surface area contributed by atoms with Crippen LogP contribution in [-0.4, -0.2) is 53.4 Å². The van der Waals surface area contributed by atoms with Crippen LogP contribution in [0, 0.1) is 0 Å². The zero-order chi connectivity index (χ0) is 13.0. The topological polar surface area (TPSA) is 28.6 Å². The van der Waals surface area contributed by atoms with Crippen LogP contribution in [0.3, 0.4) is 0 Å². The maximum absolute atomic E-state index is 5.19. The van der Waals surface area contributed by atoms with Gasteiger partial charge < -0.3 is 4.74 Å². The molecule has 0 amide bonds. The van der Waals surface area contributed by atoms with Gasteiger partial charge in [-0.15, -0.1) is 0 Å². The van der Waals surface area contributed by atoms with Gasteiger partial charge in [0.05, 0.1) is 13.3 Å². The molecule has 2 heterocycles. The molecule has 0 aliphatic carbocycles. The Morgan fingerprint density at radius 2 is 2.06 bits per heavy atom. The largest absolute Gasteiger partial charge is 0.495 e. The van der Waals surface area contributed by atoms with E-state index in [0.717, 1.165) is 38.5 Å². The van der Waals surface area contributed by atoms with Gasteiger partial charge in [-0.2, -0.15) is 12.6 Å². The van der Waals surface area contributed by atoms with E-state index in [2.05, 4.69) is 40.4 Å². The highest BCUT2D eigenvalue weighted by Crippen LogP contribution is 2.14. The average molecular weight is 267 g/mol. The van der Waals surface area contributed by atoms with Crippen molar-refractivity contribution < 1.29 is 4.74 Å². The Hall–Kier alpha value is -0.780. The van der Waals surface area contributed by atoms with Crippen LogP contribution in [0.5, 0.6) is 5.75 Å². The molecule has 1 atom stereocenters. The van der Waals surface area contributed by atoms with Gasteiger partial charge in [0.1, 0.15) is 5.75 Å². The van der Waals surface area contributed by atoms with E-state index in [1.807, 2.05) is 6.20 Å². The van der Waals surface area contributed by atoms with Crippen LogP contribution < -0.4 is 4.74 Å². The molecule has 18 heavy (non-hydrogen) atoms. The van der Waals surface area contributed by atoms with Gasteiger partial charge in [0.15, 0.2) is 0 Å². The highest BCUT2D eigenvalue weighted by molar-refractivity contribution is 7.80. The van der Waals surface area contributed by atoms with E-state index in [4.69, 9.17) is 4.74 Å². The normalized spacial score (nSPS) is 19.7. The number of piperazine rings is 1. The molecule has 1 aliphatic heterocycles. The number of hydrogen-bond acceptors (Lipinski definition) is 5. The van der Waals surface area contributed by atoms with Crippen molar-refractivity contribution in [2.75, 3.05) is 33.3 Å². The smallest absolute Gasteiger partial charge is 0.137 e. The Balaban J connectivity index is 1.87. The molecule has 1 saturated heterocycles. The minimum Gasteiger partial charge on any atom is -0.495 e. The number of ether oxygens (including phenoxy) is 1. The van der Waals surface area contributed by atoms with Crippen LogP contribution >= 0.6 is 12.6 Å². The molecule has 1 aromatic rings. The summed E-state index contributed by atoms with van der Waals surface area (Å²) < 4.78 is 5.19. The van der Waals surface area contributed by atoms with Gasteiger partial charge in [-0.3, -0.25) is 14.8 Å². The number of rotatable bonds is 4. The standard InChI is InChI=1S/C13H21N3OS/c1-11(18)16-5-3-15(4-6-16)10-12-7-13(17-2)9-14-8-12/h7-9,11,18H,3-6,10H2,1-2H3. The molecule has 0 radical (unpaired) electrons. The molecule has 1 aliphatic rings. The molecule has 1 aromatic heterocycles. The van der Waals surface area contributed by atoms with E-state index in [0.29, 0.717) is 5.37 Å². The van der Waals surface area contributed by atoms with E-state index in [-0.39, 0.29) is 0 Å². The Kier molecular flexibility index (Phi) is 4.86. The van der Waals surface area contributed by atoms with Crippen LogP contribution in [-0.2, 0) is 6.54 Å². The van der Waals surface area contributed by atoms with Gasteiger partial charge in [-0.25, -0.2) is 0 Å². The highest BCUT2D eigenvalue weighted by atomic mass is 32.1. The third-order valence-electron chi connectivity index (χ3n) is 3.35. The first-order valence-corrected chi connectivity index (χ1v) is 6.83. The van der Waals surface area contributed by atoms with E-state index in [1.165, 1.54) is 5.56 Å². The van der Waals surface area contributed by atoms with Crippen LogP contribution in [0.15, 0.2) is 18.5 Å². The molecule has 4 nitrogen and oxygen atoms in total. The summed E-state index contributed by atoms with van der Waals surface area (Å²) in [4.78, 5) is 9.03. The number of nitrogens with zero attached hydrogens (tertiary/aromatic N) is 3. The maximum Gasteiger partial charge on any atom is 0.137 e. The number of pyridine rings is 1. The average Bonchev–Trinajstić information content (AvgIpc) is 2.39. The second kappa shape index (κ2) is 6.41. The molecule has 0 N–H and O–H groups in total. The third-order valence-corrected chi connectivity index (χ3v) is 3.67. The van der Waals surface area contributed by atoms with Gasteiger partial charge in [-0.1, -0.05) is 0 Å². The molecule has 5 heteroatoms. The fraction of sp³-hybridized carbons (Fsp3) is 0.615. The second-order valence-corrected chi connectivity index (χ2v) is 5.42. The summed E-state index contributed by atoms with van der Waals surface area (Å²) in [6.07, 6.45) is 3.65. The molecule has 100 valence electrons.